The molecule has 3 aromatic rings. The molecule has 1 heterocycles. The van der Waals surface area contributed by atoms with Gasteiger partial charge in [0, 0.05) is 18.2 Å². The van der Waals surface area contributed by atoms with Gasteiger partial charge in [-0.25, -0.2) is 4.98 Å². The number of hydrogen-bond acceptors (Lipinski definition) is 3. The van der Waals surface area contributed by atoms with Crippen molar-refractivity contribution in [2.75, 3.05) is 0 Å². The highest BCUT2D eigenvalue weighted by molar-refractivity contribution is 6.03. The van der Waals surface area contributed by atoms with E-state index in [9.17, 15) is 18.0 Å². The van der Waals surface area contributed by atoms with Crippen molar-refractivity contribution < 1.29 is 22.7 Å². The van der Waals surface area contributed by atoms with Gasteiger partial charge in [0.2, 0.25) is 0 Å². The lowest BCUT2D eigenvalue weighted by atomic mass is 9.96. The van der Waals surface area contributed by atoms with Gasteiger partial charge in [0.05, 0.1) is 17.4 Å². The van der Waals surface area contributed by atoms with E-state index in [0.717, 1.165) is 17.4 Å². The van der Waals surface area contributed by atoms with Crippen LogP contribution in [0.4, 0.5) is 13.2 Å². The van der Waals surface area contributed by atoms with Crippen LogP contribution in [0.5, 0.6) is 5.75 Å². The molecule has 7 heteroatoms. The number of fused-ring (bicyclic) bond motifs is 1. The third-order valence-corrected chi connectivity index (χ3v) is 4.01. The molecular weight excluding hydrogens is 333 g/mol. The Hall–Kier alpha value is -2.83. The van der Waals surface area contributed by atoms with Crippen molar-refractivity contribution >= 4 is 17.3 Å². The number of nitrogens with zero attached hydrogens (tertiary/aromatic N) is 2. The predicted molar refractivity (Wildman–Crippen MR) is 87.6 cm³/mol. The van der Waals surface area contributed by atoms with Crippen LogP contribution in [-0.4, -0.2) is 22.2 Å². The van der Waals surface area contributed by atoms with E-state index in [1.165, 1.54) is 12.1 Å². The van der Waals surface area contributed by atoms with Crippen LogP contribution in [0, 0.1) is 0 Å². The summed E-state index contributed by atoms with van der Waals surface area (Å²) < 4.78 is 42.5. The molecule has 130 valence electrons. The zero-order valence-corrected chi connectivity index (χ0v) is 13.6. The molecule has 0 aliphatic heterocycles. The number of aromatic nitrogens is 2. The van der Waals surface area contributed by atoms with Gasteiger partial charge in [-0.1, -0.05) is 19.1 Å². The fourth-order valence-corrected chi connectivity index (χ4v) is 2.90. The summed E-state index contributed by atoms with van der Waals surface area (Å²) in [7, 11) is 1.80. The molecule has 0 fully saturated rings. The van der Waals surface area contributed by atoms with Crippen LogP contribution in [0.1, 0.15) is 22.8 Å². The first-order valence-corrected chi connectivity index (χ1v) is 7.62. The Morgan fingerprint density at radius 2 is 1.92 bits per heavy atom. The molecule has 0 bridgehead atoms. The summed E-state index contributed by atoms with van der Waals surface area (Å²) in [6.07, 6.45) is -1.65. The maximum Gasteiger partial charge on any atom is 0.573 e. The van der Waals surface area contributed by atoms with Gasteiger partial charge >= 0.3 is 6.36 Å². The Bertz CT molecular complexity index is 928. The second-order valence-electron chi connectivity index (χ2n) is 5.59. The number of ether oxygens (including phenoxy) is 1. The van der Waals surface area contributed by atoms with Crippen molar-refractivity contribution in [2.45, 2.75) is 19.7 Å². The van der Waals surface area contributed by atoms with Crippen LogP contribution in [0.3, 0.4) is 0 Å². The van der Waals surface area contributed by atoms with Crippen LogP contribution in [0.2, 0.25) is 0 Å². The van der Waals surface area contributed by atoms with Crippen molar-refractivity contribution in [1.29, 1.82) is 0 Å². The minimum absolute atomic E-state index is 0.284. The summed E-state index contributed by atoms with van der Waals surface area (Å²) in [5.41, 5.74) is 4.24. The van der Waals surface area contributed by atoms with E-state index < -0.39 is 6.36 Å². The molecule has 0 aliphatic carbocycles. The van der Waals surface area contributed by atoms with Crippen LogP contribution >= 0.6 is 0 Å². The van der Waals surface area contributed by atoms with Crippen LogP contribution in [0.15, 0.2) is 36.7 Å². The van der Waals surface area contributed by atoms with Crippen LogP contribution in [0.25, 0.3) is 22.2 Å². The average Bonchev–Trinajstić information content (AvgIpc) is 2.95. The molecule has 0 unspecified atom stereocenters. The van der Waals surface area contributed by atoms with Crippen LogP contribution in [-0.2, 0) is 13.5 Å². The second-order valence-corrected chi connectivity index (χ2v) is 5.59. The van der Waals surface area contributed by atoms with Gasteiger partial charge < -0.3 is 9.30 Å². The first kappa shape index (κ1) is 17.0. The molecule has 25 heavy (non-hydrogen) atoms. The fourth-order valence-electron chi connectivity index (χ4n) is 2.90. The van der Waals surface area contributed by atoms with E-state index in [0.29, 0.717) is 28.6 Å². The minimum atomic E-state index is -4.73. The zero-order chi connectivity index (χ0) is 18.2. The minimum Gasteiger partial charge on any atom is -0.406 e. The molecule has 0 radical (unpaired) electrons. The third kappa shape index (κ3) is 3.22. The largest absolute Gasteiger partial charge is 0.573 e. The number of hydrogen-bond donors (Lipinski definition) is 0. The Morgan fingerprint density at radius 3 is 2.48 bits per heavy atom. The lowest BCUT2D eigenvalue weighted by molar-refractivity contribution is -0.274. The molecule has 0 aliphatic rings. The van der Waals surface area contributed by atoms with E-state index >= 15 is 0 Å². The predicted octanol–water partition coefficient (Wildman–Crippen LogP) is 4.51. The fraction of sp³-hybridized carbons (Fsp3) is 0.222. The highest BCUT2D eigenvalue weighted by Crippen LogP contribution is 2.33. The number of imidazole rings is 1. The first-order chi connectivity index (χ1) is 11.8. The Morgan fingerprint density at radius 1 is 1.24 bits per heavy atom. The number of alkyl halides is 3. The lowest BCUT2D eigenvalue weighted by Gasteiger charge is -2.12. The van der Waals surface area contributed by atoms with Crippen molar-refractivity contribution in [1.82, 2.24) is 9.55 Å². The third-order valence-electron chi connectivity index (χ3n) is 4.01. The quantitative estimate of drug-likeness (QED) is 0.652. The Labute approximate surface area is 141 Å². The van der Waals surface area contributed by atoms with Gasteiger partial charge in [0.15, 0.2) is 6.29 Å². The van der Waals surface area contributed by atoms with E-state index in [-0.39, 0.29) is 5.75 Å². The Balaban J connectivity index is 2.14. The van der Waals surface area contributed by atoms with Gasteiger partial charge in [-0.2, -0.15) is 0 Å². The summed E-state index contributed by atoms with van der Waals surface area (Å²) >= 11 is 0. The topological polar surface area (TPSA) is 44.1 Å². The number of rotatable bonds is 4. The maximum absolute atomic E-state index is 12.3. The molecule has 0 atom stereocenters. The summed E-state index contributed by atoms with van der Waals surface area (Å²) in [6.45, 7) is 1.94. The number of aryl methyl sites for hydroxylation is 2. The number of benzene rings is 2. The van der Waals surface area contributed by atoms with Crippen LogP contribution < -0.4 is 4.74 Å². The van der Waals surface area contributed by atoms with Gasteiger partial charge in [-0.15, -0.1) is 13.2 Å². The van der Waals surface area contributed by atoms with Crippen molar-refractivity contribution in [3.63, 3.8) is 0 Å². The standard InChI is InChI=1S/C18H15F3N2O2/c1-3-11-8-14(16-17(15(11)9-24)23(2)10-22-16)12-4-6-13(7-5-12)25-18(19,20)21/h4-10H,3H2,1-2H3. The van der Waals surface area contributed by atoms with Gasteiger partial charge in [-0.05, 0) is 35.7 Å². The van der Waals surface area contributed by atoms with Crippen molar-refractivity contribution in [3.8, 4) is 16.9 Å². The molecular formula is C18H15F3N2O2. The molecule has 3 rings (SSSR count). The molecule has 0 spiro atoms. The molecule has 1 aromatic heterocycles. The smallest absolute Gasteiger partial charge is 0.406 e. The van der Waals surface area contributed by atoms with Crippen molar-refractivity contribution in [3.05, 3.63) is 47.8 Å². The number of carbonyl (C=O) groups excluding carboxylic acids is 1. The zero-order valence-electron chi connectivity index (χ0n) is 13.6. The molecule has 0 amide bonds. The molecule has 4 nitrogen and oxygen atoms in total. The second kappa shape index (κ2) is 6.23. The van der Waals surface area contributed by atoms with Gasteiger partial charge in [-0.3, -0.25) is 4.79 Å². The number of halogens is 3. The summed E-state index contributed by atoms with van der Waals surface area (Å²) in [4.78, 5) is 15.9. The van der Waals surface area contributed by atoms with E-state index in [2.05, 4.69) is 9.72 Å². The van der Waals surface area contributed by atoms with E-state index in [1.54, 1.807) is 30.1 Å². The summed E-state index contributed by atoms with van der Waals surface area (Å²) in [5.74, 6) is -0.284. The number of aldehydes is 1. The highest BCUT2D eigenvalue weighted by Gasteiger charge is 2.31. The summed E-state index contributed by atoms with van der Waals surface area (Å²) in [5, 5.41) is 0. The molecule has 0 saturated heterocycles. The monoisotopic (exact) mass is 348 g/mol. The Kier molecular flexibility index (Phi) is 4.24. The average molecular weight is 348 g/mol. The number of carbonyl (C=O) groups is 1. The molecule has 0 N–H and O–H groups in total. The van der Waals surface area contributed by atoms with Gasteiger partial charge in [0.25, 0.3) is 0 Å². The van der Waals surface area contributed by atoms with Crippen molar-refractivity contribution in [2.24, 2.45) is 7.05 Å². The highest BCUT2D eigenvalue weighted by atomic mass is 19.4. The normalized spacial score (nSPS) is 11.7. The van der Waals surface area contributed by atoms with Gasteiger partial charge in [0.1, 0.15) is 5.75 Å². The molecule has 2 aromatic carbocycles. The van der Waals surface area contributed by atoms with E-state index in [4.69, 9.17) is 0 Å². The SMILES string of the molecule is CCc1cc(-c2ccc(OC(F)(F)F)cc2)c2ncn(C)c2c1C=O. The summed E-state index contributed by atoms with van der Waals surface area (Å²) in [6, 6.07) is 7.47. The van der Waals surface area contributed by atoms with E-state index in [1.807, 2.05) is 13.0 Å². The lowest BCUT2D eigenvalue weighted by Crippen LogP contribution is -2.16. The first-order valence-electron chi connectivity index (χ1n) is 7.62. The molecule has 0 saturated carbocycles. The maximum atomic E-state index is 12.3.